The van der Waals surface area contributed by atoms with Crippen molar-refractivity contribution >= 4 is 35.4 Å². The van der Waals surface area contributed by atoms with Gasteiger partial charge >= 0.3 is 18.0 Å². The molecule has 0 bridgehead atoms. The molecular formula is C48H50N2O16. The number of benzene rings is 4. The quantitative estimate of drug-likeness (QED) is 0.0650. The van der Waals surface area contributed by atoms with E-state index in [9.17, 15) is 49.2 Å². The molecular weight excluding hydrogens is 861 g/mol. The number of aromatic hydroxyl groups is 2. The zero-order valence-corrected chi connectivity index (χ0v) is 36.3. The monoisotopic (exact) mass is 910 g/mol. The number of ether oxygens (including phenoxy) is 5. The number of esters is 1. The van der Waals surface area contributed by atoms with E-state index in [4.69, 9.17) is 28.8 Å². The first-order chi connectivity index (χ1) is 31.6. The number of hydrogen-bond donors (Lipinski definition) is 7. The lowest BCUT2D eigenvalue weighted by Crippen LogP contribution is -2.56. The van der Waals surface area contributed by atoms with E-state index >= 15 is 0 Å². The molecule has 18 heteroatoms. The van der Waals surface area contributed by atoms with Gasteiger partial charge in [0, 0.05) is 54.7 Å². The molecule has 18 nitrogen and oxygen atoms in total. The van der Waals surface area contributed by atoms with Gasteiger partial charge in [0.2, 0.25) is 11.6 Å². The highest BCUT2D eigenvalue weighted by molar-refractivity contribution is 6.31. The minimum Gasteiger partial charge on any atom is -0.507 e. The number of methoxy groups -OCH3 is 1. The van der Waals surface area contributed by atoms with E-state index < -0.39 is 114 Å². The lowest BCUT2D eigenvalue weighted by Gasteiger charge is -2.42. The summed E-state index contributed by atoms with van der Waals surface area (Å²) >= 11 is 0. The molecule has 66 heavy (non-hydrogen) atoms. The number of carbonyl (C=O) groups excluding carboxylic acids is 5. The molecule has 6 atom stereocenters. The van der Waals surface area contributed by atoms with Crippen LogP contribution in [0.1, 0.15) is 105 Å². The van der Waals surface area contributed by atoms with Crippen LogP contribution in [0.15, 0.2) is 66.7 Å². The van der Waals surface area contributed by atoms with Crippen LogP contribution in [-0.2, 0) is 39.8 Å². The number of rotatable bonds is 13. The van der Waals surface area contributed by atoms with E-state index in [0.717, 1.165) is 22.3 Å². The molecule has 0 spiro atoms. The highest BCUT2D eigenvalue weighted by atomic mass is 16.7. The first-order valence-electron chi connectivity index (χ1n) is 21.3. The Hall–Kier alpha value is -6.70. The Labute approximate surface area is 378 Å². The van der Waals surface area contributed by atoms with Crippen LogP contribution >= 0.6 is 0 Å². The second kappa shape index (κ2) is 19.4. The Kier molecular flexibility index (Phi) is 13.9. The summed E-state index contributed by atoms with van der Waals surface area (Å²) in [6, 6.07) is 18.8. The van der Waals surface area contributed by atoms with Crippen LogP contribution in [0.2, 0.25) is 0 Å². The standard InChI is InChI=1S/C47H45NO16.CH5N/c1-22-41(53)30(48-46(58)62-20-29-25-11-5-3-9-23(25)24-10-4-6-12-26(24)29)17-36(63-22)64-32-19-47(59,33(49)21-61-35(52)16-8-15-34(50)51)18-28-38(32)45(57)40-39(43(28)55)42(54)27-13-7-14-31(60-2)37(27)44(40)56;1-2/h3-7,9-14,22,29-30,32,36,41,53,55,57,59H,8,15-21H2,1-2H3,(H,48,58)(H,50,51);2H2,1H3/t22-,30-,32-,36-,41+,47-;/m0./s1. The fourth-order valence-corrected chi connectivity index (χ4v) is 9.24. The molecule has 0 saturated carbocycles. The smallest absolute Gasteiger partial charge is 0.407 e. The Morgan fingerprint density at radius 1 is 0.848 bits per heavy atom. The van der Waals surface area contributed by atoms with Crippen LogP contribution in [0, 0.1) is 0 Å². The van der Waals surface area contributed by atoms with Crippen molar-refractivity contribution in [2.75, 3.05) is 27.4 Å². The largest absolute Gasteiger partial charge is 0.507 e. The number of nitrogens with one attached hydrogen (secondary N) is 1. The van der Waals surface area contributed by atoms with Crippen molar-refractivity contribution in [3.8, 4) is 28.4 Å². The molecule has 3 aliphatic carbocycles. The van der Waals surface area contributed by atoms with Crippen molar-refractivity contribution in [3.63, 3.8) is 0 Å². The average Bonchev–Trinajstić information content (AvgIpc) is 3.62. The number of amides is 1. The molecule has 4 aromatic carbocycles. The number of carbonyl (C=O) groups is 6. The summed E-state index contributed by atoms with van der Waals surface area (Å²) in [4.78, 5) is 78.5. The third kappa shape index (κ3) is 8.84. The summed E-state index contributed by atoms with van der Waals surface area (Å²) in [7, 11) is 2.79. The zero-order chi connectivity index (χ0) is 47.6. The van der Waals surface area contributed by atoms with E-state index in [1.807, 2.05) is 48.5 Å². The van der Waals surface area contributed by atoms with Gasteiger partial charge in [-0.2, -0.15) is 0 Å². The summed E-state index contributed by atoms with van der Waals surface area (Å²) in [5.74, 6) is -6.63. The number of carboxylic acids is 1. The van der Waals surface area contributed by atoms with Crippen molar-refractivity contribution in [2.45, 2.75) is 87.6 Å². The van der Waals surface area contributed by atoms with Crippen molar-refractivity contribution in [1.82, 2.24) is 5.32 Å². The summed E-state index contributed by atoms with van der Waals surface area (Å²) in [5.41, 5.74) is 4.06. The minimum atomic E-state index is -2.49. The van der Waals surface area contributed by atoms with E-state index in [-0.39, 0.29) is 66.2 Å². The maximum atomic E-state index is 14.1. The van der Waals surface area contributed by atoms with E-state index in [1.54, 1.807) is 0 Å². The fourth-order valence-electron chi connectivity index (χ4n) is 9.24. The number of hydrogen-bond acceptors (Lipinski definition) is 16. The molecule has 1 saturated heterocycles. The molecule has 1 fully saturated rings. The summed E-state index contributed by atoms with van der Waals surface area (Å²) in [6.07, 6.45) is -8.37. The van der Waals surface area contributed by atoms with Gasteiger partial charge < -0.3 is 60.3 Å². The predicted octanol–water partition coefficient (Wildman–Crippen LogP) is 3.96. The van der Waals surface area contributed by atoms with E-state index in [0.29, 0.717) is 0 Å². The number of alkyl carbamates (subject to hydrolysis) is 1. The van der Waals surface area contributed by atoms with Gasteiger partial charge in [0.05, 0.1) is 42.0 Å². The Morgan fingerprint density at radius 2 is 1.48 bits per heavy atom. The second-order valence-corrected chi connectivity index (χ2v) is 16.3. The Morgan fingerprint density at radius 3 is 2.14 bits per heavy atom. The first-order valence-corrected chi connectivity index (χ1v) is 21.3. The molecule has 1 aliphatic heterocycles. The molecule has 4 aliphatic rings. The number of fused-ring (bicyclic) bond motifs is 6. The number of aliphatic hydroxyl groups excluding tert-OH is 1. The number of phenolic OH excluding ortho intramolecular Hbond substituents is 2. The van der Waals surface area contributed by atoms with Crippen LogP contribution in [0.3, 0.4) is 0 Å². The van der Waals surface area contributed by atoms with Gasteiger partial charge in [-0.3, -0.25) is 24.0 Å². The Bertz CT molecular complexity index is 2550. The molecule has 0 radical (unpaired) electrons. The van der Waals surface area contributed by atoms with Gasteiger partial charge in [-0.25, -0.2) is 4.79 Å². The maximum Gasteiger partial charge on any atom is 0.407 e. The van der Waals surface area contributed by atoms with Crippen LogP contribution < -0.4 is 15.8 Å². The lowest BCUT2D eigenvalue weighted by atomic mass is 9.72. The summed E-state index contributed by atoms with van der Waals surface area (Å²) in [6.45, 7) is 0.533. The van der Waals surface area contributed by atoms with E-state index in [1.165, 1.54) is 39.3 Å². The second-order valence-electron chi connectivity index (χ2n) is 16.3. The van der Waals surface area contributed by atoms with Crippen LogP contribution in [0.4, 0.5) is 4.79 Å². The normalized spacial score (nSPS) is 22.5. The van der Waals surface area contributed by atoms with Crippen molar-refractivity contribution < 1.29 is 78.0 Å². The van der Waals surface area contributed by atoms with Crippen molar-refractivity contribution in [3.05, 3.63) is 111 Å². The SMILES string of the molecule is CN.COc1cccc2c1C(=O)c1c(O)c3c(c(O)c1C2=O)C[C@@](O)(C(=O)COC(=O)CCCC(=O)O)C[C@@H]3O[C@H]1C[C@H](NC(=O)OCC2c3ccccc3-c3ccccc32)[C@H](O)[C@H](C)O1. The molecule has 1 heterocycles. The number of ketones is 3. The topological polar surface area (TPSA) is 288 Å². The number of aliphatic hydroxyl groups is 2. The average molecular weight is 911 g/mol. The van der Waals surface area contributed by atoms with Crippen LogP contribution in [0.5, 0.6) is 17.2 Å². The number of aliphatic carboxylic acids is 1. The number of Topliss-reactive ketones (excluding diaryl/α,β-unsaturated/α-hetero) is 1. The number of carboxylic acid groups (broad SMARTS) is 1. The molecule has 0 unspecified atom stereocenters. The first kappa shape index (κ1) is 47.3. The third-order valence-corrected chi connectivity index (χ3v) is 12.4. The van der Waals surface area contributed by atoms with Gasteiger partial charge in [-0.1, -0.05) is 60.7 Å². The van der Waals surface area contributed by atoms with Crippen molar-refractivity contribution in [1.29, 1.82) is 0 Å². The molecule has 8 rings (SSSR count). The summed E-state index contributed by atoms with van der Waals surface area (Å²) in [5, 5.41) is 58.6. The predicted molar refractivity (Wildman–Crippen MR) is 231 cm³/mol. The number of nitrogens with two attached hydrogens (primary N) is 1. The van der Waals surface area contributed by atoms with Gasteiger partial charge in [-0.05, 0) is 48.7 Å². The molecule has 8 N–H and O–H groups in total. The summed E-state index contributed by atoms with van der Waals surface area (Å²) < 4.78 is 28.5. The molecule has 1 amide bonds. The number of phenols is 2. The zero-order valence-electron chi connectivity index (χ0n) is 36.3. The lowest BCUT2D eigenvalue weighted by molar-refractivity contribution is -0.249. The van der Waals surface area contributed by atoms with Gasteiger partial charge in [-0.15, -0.1) is 0 Å². The molecule has 348 valence electrons. The highest BCUT2D eigenvalue weighted by Crippen LogP contribution is 2.53. The molecule has 0 aromatic heterocycles. The highest BCUT2D eigenvalue weighted by Gasteiger charge is 2.51. The van der Waals surface area contributed by atoms with Crippen LogP contribution in [0.25, 0.3) is 11.1 Å². The fraction of sp³-hybridized carbons (Fsp3) is 0.375. The Balaban J connectivity index is 0.00000320. The minimum absolute atomic E-state index is 0.0115. The molecule has 4 aromatic rings. The van der Waals surface area contributed by atoms with E-state index in [2.05, 4.69) is 11.1 Å². The van der Waals surface area contributed by atoms with Gasteiger partial charge in [0.1, 0.15) is 35.6 Å². The third-order valence-electron chi connectivity index (χ3n) is 12.4. The maximum absolute atomic E-state index is 14.1. The van der Waals surface area contributed by atoms with Crippen LogP contribution in [-0.4, -0.2) is 118 Å². The van der Waals surface area contributed by atoms with Gasteiger partial charge in [0.25, 0.3) is 0 Å². The van der Waals surface area contributed by atoms with Crippen molar-refractivity contribution in [2.24, 2.45) is 5.73 Å². The van der Waals surface area contributed by atoms with Gasteiger partial charge in [0.15, 0.2) is 18.7 Å².